The lowest BCUT2D eigenvalue weighted by molar-refractivity contribution is -0.152. The zero-order chi connectivity index (χ0) is 14.8. The molecule has 1 saturated carbocycles. The maximum atomic E-state index is 12.3. The van der Waals surface area contributed by atoms with E-state index in [0.717, 1.165) is 12.8 Å². The van der Waals surface area contributed by atoms with Gasteiger partial charge < -0.3 is 9.84 Å². The van der Waals surface area contributed by atoms with Gasteiger partial charge in [-0.2, -0.15) is 0 Å². The van der Waals surface area contributed by atoms with Crippen LogP contribution in [0.1, 0.15) is 60.3 Å². The molecule has 19 heavy (non-hydrogen) atoms. The molecule has 5 nitrogen and oxygen atoms in total. The number of carboxylic acids is 1. The van der Waals surface area contributed by atoms with E-state index in [1.165, 1.54) is 4.90 Å². The molecule has 1 aliphatic rings. The van der Waals surface area contributed by atoms with Crippen molar-refractivity contribution < 1.29 is 19.4 Å². The van der Waals surface area contributed by atoms with Crippen LogP contribution in [0.4, 0.5) is 4.79 Å². The van der Waals surface area contributed by atoms with E-state index in [0.29, 0.717) is 12.8 Å². The number of carboxylic acid groups (broad SMARTS) is 1. The van der Waals surface area contributed by atoms with Crippen molar-refractivity contribution in [2.45, 2.75) is 77.5 Å². The third-order valence-corrected chi connectivity index (χ3v) is 3.40. The predicted molar refractivity (Wildman–Crippen MR) is 72.0 cm³/mol. The fourth-order valence-corrected chi connectivity index (χ4v) is 2.71. The molecule has 0 bridgehead atoms. The van der Waals surface area contributed by atoms with E-state index >= 15 is 0 Å². The van der Waals surface area contributed by atoms with Crippen LogP contribution in [-0.2, 0) is 9.53 Å². The Balaban J connectivity index is 3.05. The molecular weight excluding hydrogens is 246 g/mol. The Bertz CT molecular complexity index is 351. The zero-order valence-corrected chi connectivity index (χ0v) is 12.5. The van der Waals surface area contributed by atoms with E-state index in [4.69, 9.17) is 4.74 Å². The molecule has 0 spiro atoms. The maximum absolute atomic E-state index is 12.3. The van der Waals surface area contributed by atoms with Gasteiger partial charge in [-0.3, -0.25) is 4.90 Å². The van der Waals surface area contributed by atoms with E-state index in [1.54, 1.807) is 20.8 Å². The van der Waals surface area contributed by atoms with Crippen molar-refractivity contribution in [2.75, 3.05) is 0 Å². The number of rotatable bonds is 3. The van der Waals surface area contributed by atoms with Crippen molar-refractivity contribution in [3.63, 3.8) is 0 Å². The number of nitrogens with zero attached hydrogens (tertiary/aromatic N) is 1. The Morgan fingerprint density at radius 1 is 1.21 bits per heavy atom. The lowest BCUT2D eigenvalue weighted by Crippen LogP contribution is -2.59. The zero-order valence-electron chi connectivity index (χ0n) is 12.5. The Hall–Kier alpha value is -1.26. The predicted octanol–water partition coefficient (Wildman–Crippen LogP) is 3.03. The highest BCUT2D eigenvalue weighted by Crippen LogP contribution is 2.37. The Kier molecular flexibility index (Phi) is 4.48. The van der Waals surface area contributed by atoms with Gasteiger partial charge in [-0.15, -0.1) is 0 Å². The summed E-state index contributed by atoms with van der Waals surface area (Å²) in [6.45, 7) is 9.00. The van der Waals surface area contributed by atoms with Gasteiger partial charge >= 0.3 is 12.1 Å². The van der Waals surface area contributed by atoms with Crippen LogP contribution < -0.4 is 0 Å². The van der Waals surface area contributed by atoms with Crippen LogP contribution in [-0.4, -0.2) is 39.3 Å². The number of hydrogen-bond acceptors (Lipinski definition) is 3. The number of aliphatic carboxylic acids is 1. The maximum Gasteiger partial charge on any atom is 0.411 e. The molecule has 1 N–H and O–H groups in total. The first-order valence-electron chi connectivity index (χ1n) is 6.86. The van der Waals surface area contributed by atoms with Gasteiger partial charge in [-0.05, 0) is 47.5 Å². The fraction of sp³-hybridized carbons (Fsp3) is 0.857. The summed E-state index contributed by atoms with van der Waals surface area (Å²) in [6.07, 6.45) is 2.13. The average Bonchev–Trinajstić information content (AvgIpc) is 2.64. The smallest absolute Gasteiger partial charge is 0.411 e. The summed E-state index contributed by atoms with van der Waals surface area (Å²) in [5.41, 5.74) is -1.72. The van der Waals surface area contributed by atoms with Gasteiger partial charge in [-0.1, -0.05) is 12.8 Å². The first-order valence-corrected chi connectivity index (χ1v) is 6.86. The van der Waals surface area contributed by atoms with E-state index in [1.807, 2.05) is 13.8 Å². The Morgan fingerprint density at radius 3 is 2.00 bits per heavy atom. The topological polar surface area (TPSA) is 66.8 Å². The molecule has 0 radical (unpaired) electrons. The minimum absolute atomic E-state index is 0.205. The molecule has 0 aromatic rings. The van der Waals surface area contributed by atoms with E-state index in [9.17, 15) is 14.7 Å². The van der Waals surface area contributed by atoms with Gasteiger partial charge in [0.25, 0.3) is 0 Å². The first-order chi connectivity index (χ1) is 8.60. The molecule has 5 heteroatoms. The number of hydrogen-bond donors (Lipinski definition) is 1. The van der Waals surface area contributed by atoms with Gasteiger partial charge in [0, 0.05) is 6.04 Å². The molecule has 0 heterocycles. The second-order valence-corrected chi connectivity index (χ2v) is 6.49. The van der Waals surface area contributed by atoms with E-state index in [2.05, 4.69) is 0 Å². The van der Waals surface area contributed by atoms with Crippen LogP contribution in [0, 0.1) is 0 Å². The second-order valence-electron chi connectivity index (χ2n) is 6.49. The lowest BCUT2D eigenvalue weighted by Gasteiger charge is -2.41. The van der Waals surface area contributed by atoms with Gasteiger partial charge in [0.15, 0.2) is 0 Å². The van der Waals surface area contributed by atoms with Crippen LogP contribution in [0.15, 0.2) is 0 Å². The molecule has 1 rings (SSSR count). The Labute approximate surface area is 114 Å². The molecule has 0 aliphatic heterocycles. The van der Waals surface area contributed by atoms with Gasteiger partial charge in [0.1, 0.15) is 11.1 Å². The number of carbonyl (C=O) groups is 2. The van der Waals surface area contributed by atoms with Crippen molar-refractivity contribution in [3.8, 4) is 0 Å². The summed E-state index contributed by atoms with van der Waals surface area (Å²) in [5.74, 6) is -0.926. The highest BCUT2D eigenvalue weighted by atomic mass is 16.6. The van der Waals surface area contributed by atoms with Crippen molar-refractivity contribution in [3.05, 3.63) is 0 Å². The van der Waals surface area contributed by atoms with Crippen LogP contribution in [0.2, 0.25) is 0 Å². The highest BCUT2D eigenvalue weighted by molar-refractivity contribution is 5.85. The molecule has 1 amide bonds. The minimum atomic E-state index is -1.10. The largest absolute Gasteiger partial charge is 0.479 e. The van der Waals surface area contributed by atoms with Crippen LogP contribution in [0.3, 0.4) is 0 Å². The second kappa shape index (κ2) is 5.39. The Morgan fingerprint density at radius 2 is 1.68 bits per heavy atom. The molecule has 0 unspecified atom stereocenters. The van der Waals surface area contributed by atoms with Gasteiger partial charge in [0.2, 0.25) is 0 Å². The highest BCUT2D eigenvalue weighted by Gasteiger charge is 2.50. The molecule has 0 atom stereocenters. The van der Waals surface area contributed by atoms with Crippen molar-refractivity contribution in [2.24, 2.45) is 0 Å². The molecule has 1 fully saturated rings. The van der Waals surface area contributed by atoms with Crippen LogP contribution in [0.5, 0.6) is 0 Å². The third-order valence-electron chi connectivity index (χ3n) is 3.40. The van der Waals surface area contributed by atoms with Gasteiger partial charge in [0.05, 0.1) is 0 Å². The number of ether oxygens (including phenoxy) is 1. The molecule has 1 aliphatic carbocycles. The summed E-state index contributed by atoms with van der Waals surface area (Å²) in [6, 6.07) is -0.205. The molecule has 0 aromatic heterocycles. The first kappa shape index (κ1) is 15.8. The molecule has 110 valence electrons. The summed E-state index contributed by atoms with van der Waals surface area (Å²) in [7, 11) is 0. The van der Waals surface area contributed by atoms with Crippen molar-refractivity contribution >= 4 is 12.1 Å². The van der Waals surface area contributed by atoms with Crippen LogP contribution in [0.25, 0.3) is 0 Å². The minimum Gasteiger partial charge on any atom is -0.479 e. The standard InChI is InChI=1S/C14H25NO4/c1-10(2)15(12(18)19-13(3,4)5)14(11(16)17)8-6-7-9-14/h10H,6-9H2,1-5H3,(H,16,17). The normalized spacial score (nSPS) is 18.4. The van der Waals surface area contributed by atoms with Gasteiger partial charge in [-0.25, -0.2) is 9.59 Å². The van der Waals surface area contributed by atoms with Crippen LogP contribution >= 0.6 is 0 Å². The number of amides is 1. The SMILES string of the molecule is CC(C)N(C(=O)OC(C)(C)C)C1(C(=O)O)CCCC1. The average molecular weight is 271 g/mol. The molecular formula is C14H25NO4. The van der Waals surface area contributed by atoms with E-state index in [-0.39, 0.29) is 6.04 Å². The monoisotopic (exact) mass is 271 g/mol. The number of carbonyl (C=O) groups excluding carboxylic acids is 1. The summed E-state index contributed by atoms with van der Waals surface area (Å²) < 4.78 is 5.37. The summed E-state index contributed by atoms with van der Waals surface area (Å²) >= 11 is 0. The fourth-order valence-electron chi connectivity index (χ4n) is 2.71. The summed E-state index contributed by atoms with van der Waals surface area (Å²) in [5, 5.41) is 9.58. The summed E-state index contributed by atoms with van der Waals surface area (Å²) in [4.78, 5) is 25.4. The lowest BCUT2D eigenvalue weighted by atomic mass is 9.94. The van der Waals surface area contributed by atoms with Crippen molar-refractivity contribution in [1.29, 1.82) is 0 Å². The quantitative estimate of drug-likeness (QED) is 0.856. The third kappa shape index (κ3) is 3.39. The van der Waals surface area contributed by atoms with E-state index < -0.39 is 23.2 Å². The van der Waals surface area contributed by atoms with Crippen molar-refractivity contribution in [1.82, 2.24) is 4.90 Å². The molecule has 0 saturated heterocycles. The molecule has 0 aromatic carbocycles.